The molecule has 0 bridgehead atoms. The minimum atomic E-state index is -4.40. The van der Waals surface area contributed by atoms with Crippen LogP contribution in [0.2, 0.25) is 0 Å². The molecule has 0 amide bonds. The van der Waals surface area contributed by atoms with Gasteiger partial charge in [0.15, 0.2) is 6.10 Å². The van der Waals surface area contributed by atoms with E-state index < -0.39 is 26.5 Å². The SMILES string of the molecule is CC/C=C\C/C=C\C/C=C\C/C=C\C/C=C\C/C=C\C/C=C\C/C=C\CCCCCCCCCCCCCCCCC(=O)OC(COC(=O)CCCCCCCCCCCCCCCCC/C=C\C/C=C\CCCCCCC)COP(=O)(O)OCC[N+](C)(C)C. The van der Waals surface area contributed by atoms with Crippen molar-refractivity contribution in [2.75, 3.05) is 47.5 Å². The Morgan fingerprint density at radius 3 is 0.944 bits per heavy atom. The van der Waals surface area contributed by atoms with Gasteiger partial charge in [-0.3, -0.25) is 18.6 Å². The average molecular weight is 1280 g/mol. The summed E-state index contributed by atoms with van der Waals surface area (Å²) in [5.41, 5.74) is 0. The Hall–Kier alpha value is -3.59. The standard InChI is InChI=1S/C80H140NO8P/c1-6-8-10-12-14-16-18-20-22-24-26-28-30-32-34-35-36-37-38-39-40-41-42-43-44-45-47-49-51-53-55-57-59-61-63-65-67-69-71-73-80(83)89-78(77-88-90(84,85)87-75-74-81(3,4)5)76-86-79(82)72-70-68-66-64-62-60-58-56-54-52-50-48-46-33-31-29-27-25-23-21-19-17-15-13-11-9-7-2/h8,10,14,16,19-22,25-28,32,34,36-37,39-40,42-43,78H,6-7,9,11-13,15,17-18,23-24,29-31,33,35,38,41,44-77H2,1-5H3/p+1/b10-8-,16-14-,21-19-,22-20-,27-25-,28-26-,34-32-,37-36-,40-39-,43-42-. The van der Waals surface area contributed by atoms with Crippen LogP contribution >= 0.6 is 7.82 Å². The molecule has 518 valence electrons. The van der Waals surface area contributed by atoms with Gasteiger partial charge in [-0.2, -0.15) is 0 Å². The van der Waals surface area contributed by atoms with Gasteiger partial charge >= 0.3 is 19.8 Å². The Balaban J connectivity index is 4.02. The van der Waals surface area contributed by atoms with Crippen molar-refractivity contribution in [2.45, 2.75) is 328 Å². The van der Waals surface area contributed by atoms with E-state index >= 15 is 0 Å². The number of esters is 2. The molecule has 10 heteroatoms. The van der Waals surface area contributed by atoms with Gasteiger partial charge in [-0.25, -0.2) is 4.57 Å². The average Bonchev–Trinajstić information content (AvgIpc) is 3.58. The van der Waals surface area contributed by atoms with Crippen LogP contribution in [-0.2, 0) is 32.7 Å². The number of nitrogens with zero attached hydrogens (tertiary/aromatic N) is 1. The normalized spacial score (nSPS) is 13.8. The van der Waals surface area contributed by atoms with Crippen LogP contribution in [0.5, 0.6) is 0 Å². The molecule has 0 aromatic rings. The first-order chi connectivity index (χ1) is 44.0. The number of unbranched alkanes of at least 4 members (excludes halogenated alkanes) is 34. The third kappa shape index (κ3) is 73.5. The Morgan fingerprint density at radius 1 is 0.356 bits per heavy atom. The Kier molecular flexibility index (Phi) is 67.0. The molecule has 0 heterocycles. The molecule has 0 aromatic heterocycles. The highest BCUT2D eigenvalue weighted by molar-refractivity contribution is 7.47. The molecule has 90 heavy (non-hydrogen) atoms. The Labute approximate surface area is 556 Å². The molecular weight excluding hydrogens is 1130 g/mol. The van der Waals surface area contributed by atoms with Crippen LogP contribution in [0.3, 0.4) is 0 Å². The summed E-state index contributed by atoms with van der Waals surface area (Å²) in [4.78, 5) is 35.9. The molecule has 0 saturated heterocycles. The molecule has 2 unspecified atom stereocenters. The number of ether oxygens (including phenoxy) is 2. The zero-order valence-electron chi connectivity index (χ0n) is 59.1. The van der Waals surface area contributed by atoms with Crippen molar-refractivity contribution >= 4 is 19.8 Å². The molecule has 1 N–H and O–H groups in total. The van der Waals surface area contributed by atoms with Crippen LogP contribution in [0.15, 0.2) is 122 Å². The fraction of sp³-hybridized carbons (Fsp3) is 0.725. The van der Waals surface area contributed by atoms with Gasteiger partial charge in [0.2, 0.25) is 0 Å². The van der Waals surface area contributed by atoms with Crippen LogP contribution < -0.4 is 0 Å². The van der Waals surface area contributed by atoms with E-state index in [0.717, 1.165) is 96.3 Å². The lowest BCUT2D eigenvalue weighted by Crippen LogP contribution is -2.37. The number of likely N-dealkylation sites (N-methyl/N-ethyl adjacent to an activating group) is 1. The highest BCUT2D eigenvalue weighted by Gasteiger charge is 2.27. The lowest BCUT2D eigenvalue weighted by atomic mass is 10.0. The van der Waals surface area contributed by atoms with Crippen molar-refractivity contribution in [3.8, 4) is 0 Å². The molecule has 0 radical (unpaired) electrons. The molecule has 0 spiro atoms. The number of allylic oxidation sites excluding steroid dienone is 20. The van der Waals surface area contributed by atoms with Gasteiger partial charge < -0.3 is 18.9 Å². The first-order valence-electron chi connectivity index (χ1n) is 37.3. The van der Waals surface area contributed by atoms with E-state index in [1.807, 2.05) is 21.1 Å². The quantitative estimate of drug-likeness (QED) is 0.0211. The molecule has 0 aliphatic rings. The Bertz CT molecular complexity index is 1940. The number of carbonyl (C=O) groups is 2. The van der Waals surface area contributed by atoms with Gasteiger partial charge in [-0.15, -0.1) is 0 Å². The topological polar surface area (TPSA) is 108 Å². The second-order valence-electron chi connectivity index (χ2n) is 25.9. The van der Waals surface area contributed by atoms with Crippen LogP contribution in [0.1, 0.15) is 322 Å². The minimum Gasteiger partial charge on any atom is -0.462 e. The number of hydrogen-bond acceptors (Lipinski definition) is 7. The lowest BCUT2D eigenvalue weighted by Gasteiger charge is -2.24. The molecule has 9 nitrogen and oxygen atoms in total. The van der Waals surface area contributed by atoms with Crippen molar-refractivity contribution in [3.05, 3.63) is 122 Å². The third-order valence-electron chi connectivity index (χ3n) is 16.0. The molecule has 0 rings (SSSR count). The number of rotatable bonds is 68. The van der Waals surface area contributed by atoms with E-state index in [-0.39, 0.29) is 32.0 Å². The van der Waals surface area contributed by atoms with Crippen LogP contribution in [0, 0.1) is 0 Å². The molecule has 0 saturated carbocycles. The smallest absolute Gasteiger partial charge is 0.462 e. The summed E-state index contributed by atoms with van der Waals surface area (Å²) in [6, 6.07) is 0. The first kappa shape index (κ1) is 86.4. The van der Waals surface area contributed by atoms with E-state index in [2.05, 4.69) is 135 Å². The summed E-state index contributed by atoms with van der Waals surface area (Å²) in [6.45, 7) is 4.34. The van der Waals surface area contributed by atoms with E-state index in [0.29, 0.717) is 17.4 Å². The number of hydrogen-bond donors (Lipinski definition) is 1. The molecule has 2 atom stereocenters. The van der Waals surface area contributed by atoms with Gasteiger partial charge in [0.25, 0.3) is 0 Å². The second-order valence-corrected chi connectivity index (χ2v) is 27.4. The monoisotopic (exact) mass is 1280 g/mol. The number of phosphoric acid groups is 1. The van der Waals surface area contributed by atoms with Crippen molar-refractivity contribution in [3.63, 3.8) is 0 Å². The molecular formula is C80H141NO8P+. The van der Waals surface area contributed by atoms with Gasteiger partial charge in [0, 0.05) is 12.8 Å². The van der Waals surface area contributed by atoms with Gasteiger partial charge in [0.1, 0.15) is 19.8 Å². The van der Waals surface area contributed by atoms with Crippen molar-refractivity contribution in [1.29, 1.82) is 0 Å². The van der Waals surface area contributed by atoms with Gasteiger partial charge in [-0.1, -0.05) is 322 Å². The molecule has 0 aliphatic heterocycles. The van der Waals surface area contributed by atoms with Crippen LogP contribution in [0.25, 0.3) is 0 Å². The van der Waals surface area contributed by atoms with Crippen molar-refractivity contribution in [2.24, 2.45) is 0 Å². The maximum absolute atomic E-state index is 12.9. The number of phosphoric ester groups is 1. The van der Waals surface area contributed by atoms with E-state index in [1.165, 1.54) is 193 Å². The maximum atomic E-state index is 12.9. The van der Waals surface area contributed by atoms with Crippen molar-refractivity contribution in [1.82, 2.24) is 0 Å². The summed E-state index contributed by atoms with van der Waals surface area (Å²) >= 11 is 0. The largest absolute Gasteiger partial charge is 0.472 e. The highest BCUT2D eigenvalue weighted by atomic mass is 31.2. The Morgan fingerprint density at radius 2 is 0.633 bits per heavy atom. The minimum absolute atomic E-state index is 0.0285. The first-order valence-corrected chi connectivity index (χ1v) is 38.8. The predicted molar refractivity (Wildman–Crippen MR) is 390 cm³/mol. The van der Waals surface area contributed by atoms with Gasteiger partial charge in [0.05, 0.1) is 27.7 Å². The summed E-state index contributed by atoms with van der Waals surface area (Å²) in [7, 11) is 1.48. The summed E-state index contributed by atoms with van der Waals surface area (Å²) < 4.78 is 34.8. The second kappa shape index (κ2) is 69.7. The van der Waals surface area contributed by atoms with Crippen molar-refractivity contribution < 1.29 is 42.1 Å². The van der Waals surface area contributed by atoms with Gasteiger partial charge in [-0.05, 0) is 109 Å². The number of carbonyl (C=O) groups excluding carboxylic acids is 2. The van der Waals surface area contributed by atoms with E-state index in [1.54, 1.807) is 0 Å². The van der Waals surface area contributed by atoms with E-state index in [4.69, 9.17) is 18.5 Å². The fourth-order valence-electron chi connectivity index (χ4n) is 10.3. The third-order valence-corrected chi connectivity index (χ3v) is 17.0. The summed E-state index contributed by atoms with van der Waals surface area (Å²) in [6.07, 6.45) is 100. The summed E-state index contributed by atoms with van der Waals surface area (Å²) in [5.74, 6) is -0.791. The zero-order valence-corrected chi connectivity index (χ0v) is 60.0. The fourth-order valence-corrected chi connectivity index (χ4v) is 11.0. The van der Waals surface area contributed by atoms with E-state index in [9.17, 15) is 19.0 Å². The lowest BCUT2D eigenvalue weighted by molar-refractivity contribution is -0.870. The number of quaternary nitrogens is 1. The molecule has 0 aromatic carbocycles. The molecule has 0 aliphatic carbocycles. The predicted octanol–water partition coefficient (Wildman–Crippen LogP) is 24.6. The summed E-state index contributed by atoms with van der Waals surface area (Å²) in [5, 5.41) is 0. The maximum Gasteiger partial charge on any atom is 0.472 e. The van der Waals surface area contributed by atoms with Crippen LogP contribution in [-0.4, -0.2) is 74.9 Å². The highest BCUT2D eigenvalue weighted by Crippen LogP contribution is 2.43. The zero-order chi connectivity index (χ0) is 65.5. The molecule has 0 fully saturated rings. The van der Waals surface area contributed by atoms with Crippen LogP contribution in [0.4, 0.5) is 0 Å².